The lowest BCUT2D eigenvalue weighted by Crippen LogP contribution is -2.15. The molecule has 0 aromatic heterocycles. The Morgan fingerprint density at radius 2 is 0.581 bits per heavy atom. The molecule has 0 saturated carbocycles. The van der Waals surface area contributed by atoms with E-state index >= 15 is 0 Å². The Kier molecular flexibility index (Phi) is 37.1. The topological polar surface area (TPSA) is 0 Å². The van der Waals surface area contributed by atoms with Crippen molar-refractivity contribution in [2.24, 2.45) is 0 Å². The Balaban J connectivity index is 3.10. The van der Waals surface area contributed by atoms with E-state index in [2.05, 4.69) is 42.6 Å². The molecule has 0 aliphatic carbocycles. The number of hydrogen-bond acceptors (Lipinski definition) is 0. The molecule has 0 radical (unpaired) electrons. The van der Waals surface area contributed by atoms with Gasteiger partial charge >= 0.3 is 0 Å². The minimum absolute atomic E-state index is 0.874. The molecule has 0 rings (SSSR count). The molecule has 3 heteroatoms. The Hall–Kier alpha value is 1.24. The van der Waals surface area contributed by atoms with Gasteiger partial charge in [0.25, 0.3) is 0 Å². The maximum absolute atomic E-state index is 6.45. The minimum atomic E-state index is -1.34. The zero-order valence-electron chi connectivity index (χ0n) is 30.3. The SMILES string of the molecule is CCCCCCCCCCCCCCCCCCCCCCCCCCCCCCCCCCC(I)CCC[Si](C)(C)Cl. The van der Waals surface area contributed by atoms with Gasteiger partial charge in [-0.2, -0.15) is 11.1 Å². The summed E-state index contributed by atoms with van der Waals surface area (Å²) >= 11 is 9.13. The zero-order valence-corrected chi connectivity index (χ0v) is 34.2. The summed E-state index contributed by atoms with van der Waals surface area (Å²) in [7, 11) is -1.34. The molecule has 0 aromatic rings. The van der Waals surface area contributed by atoms with Gasteiger partial charge in [0.15, 0.2) is 0 Å². The largest absolute Gasteiger partial charge is 0.168 e. The molecule has 0 saturated heterocycles. The van der Waals surface area contributed by atoms with Crippen molar-refractivity contribution in [3.05, 3.63) is 0 Å². The Bertz CT molecular complexity index is 505. The van der Waals surface area contributed by atoms with Crippen LogP contribution in [0.15, 0.2) is 0 Å². The molecule has 0 N–H and O–H groups in total. The summed E-state index contributed by atoms with van der Waals surface area (Å²) in [4.78, 5) is 0. The number of unbranched alkanes of at least 4 members (excludes halogenated alkanes) is 31. The van der Waals surface area contributed by atoms with Crippen LogP contribution in [0.3, 0.4) is 0 Å². The second-order valence-electron chi connectivity index (χ2n) is 15.0. The third kappa shape index (κ3) is 41.2. The van der Waals surface area contributed by atoms with E-state index in [1.165, 1.54) is 231 Å². The van der Waals surface area contributed by atoms with Gasteiger partial charge in [-0.05, 0) is 18.9 Å². The van der Waals surface area contributed by atoms with Crippen LogP contribution >= 0.6 is 33.7 Å². The summed E-state index contributed by atoms with van der Waals surface area (Å²) in [5, 5.41) is 0. The molecule has 0 aliphatic rings. The van der Waals surface area contributed by atoms with Crippen LogP contribution in [0, 0.1) is 0 Å². The summed E-state index contributed by atoms with van der Waals surface area (Å²) in [6.45, 7) is 6.87. The van der Waals surface area contributed by atoms with Gasteiger partial charge < -0.3 is 0 Å². The number of rotatable bonds is 37. The molecular weight excluding hydrogens is 671 g/mol. The highest BCUT2D eigenvalue weighted by atomic mass is 127. The Labute approximate surface area is 294 Å². The number of hydrogen-bond donors (Lipinski definition) is 0. The highest BCUT2D eigenvalue weighted by molar-refractivity contribution is 14.1. The van der Waals surface area contributed by atoms with E-state index in [1.54, 1.807) is 0 Å². The fourth-order valence-corrected chi connectivity index (χ4v) is 8.96. The van der Waals surface area contributed by atoms with Crippen molar-refractivity contribution >= 4 is 41.1 Å². The zero-order chi connectivity index (χ0) is 31.5. The van der Waals surface area contributed by atoms with Crippen molar-refractivity contribution in [3.63, 3.8) is 0 Å². The van der Waals surface area contributed by atoms with E-state index in [0.717, 1.165) is 3.92 Å². The monoisotopic (exact) mass is 752 g/mol. The van der Waals surface area contributed by atoms with E-state index in [0.29, 0.717) is 0 Å². The fourth-order valence-electron chi connectivity index (χ4n) is 6.63. The van der Waals surface area contributed by atoms with Crippen LogP contribution in [-0.2, 0) is 0 Å². The number of halogens is 2. The van der Waals surface area contributed by atoms with Gasteiger partial charge in [-0.3, -0.25) is 0 Å². The van der Waals surface area contributed by atoms with Gasteiger partial charge in [-0.25, -0.2) is 0 Å². The highest BCUT2D eigenvalue weighted by Gasteiger charge is 2.16. The molecule has 0 amide bonds. The predicted molar refractivity (Wildman–Crippen MR) is 213 cm³/mol. The highest BCUT2D eigenvalue weighted by Crippen LogP contribution is 2.24. The van der Waals surface area contributed by atoms with Gasteiger partial charge in [0.1, 0.15) is 7.38 Å². The first-order valence-electron chi connectivity index (χ1n) is 20.3. The molecule has 1 unspecified atom stereocenters. The third-order valence-corrected chi connectivity index (χ3v) is 13.0. The summed E-state index contributed by atoms with van der Waals surface area (Å²) in [5.74, 6) is 0. The quantitative estimate of drug-likeness (QED) is 0.0195. The van der Waals surface area contributed by atoms with Crippen LogP contribution in [0.1, 0.15) is 232 Å². The Morgan fingerprint density at radius 3 is 0.814 bits per heavy atom. The predicted octanol–water partition coefficient (Wildman–Crippen LogP) is 16.9. The van der Waals surface area contributed by atoms with E-state index in [1.807, 2.05) is 0 Å². The van der Waals surface area contributed by atoms with Crippen molar-refractivity contribution in [3.8, 4) is 0 Å². The van der Waals surface area contributed by atoms with E-state index in [9.17, 15) is 0 Å². The normalized spacial score (nSPS) is 12.8. The molecular formula is C40H82ClISi. The lowest BCUT2D eigenvalue weighted by molar-refractivity contribution is 0.511. The molecule has 0 aliphatic heterocycles. The molecule has 1 atom stereocenters. The van der Waals surface area contributed by atoms with Crippen LogP contribution in [0.4, 0.5) is 0 Å². The lowest BCUT2D eigenvalue weighted by Gasteiger charge is -2.14. The molecule has 260 valence electrons. The fraction of sp³-hybridized carbons (Fsp3) is 1.00. The second-order valence-corrected chi connectivity index (χ2v) is 23.7. The van der Waals surface area contributed by atoms with E-state index < -0.39 is 7.38 Å². The maximum Gasteiger partial charge on any atom is 0.150 e. The maximum atomic E-state index is 6.45. The molecule has 0 spiro atoms. The van der Waals surface area contributed by atoms with Gasteiger partial charge in [0, 0.05) is 3.92 Å². The van der Waals surface area contributed by atoms with Crippen molar-refractivity contribution < 1.29 is 0 Å². The van der Waals surface area contributed by atoms with Crippen molar-refractivity contribution in [1.29, 1.82) is 0 Å². The van der Waals surface area contributed by atoms with Crippen LogP contribution in [0.25, 0.3) is 0 Å². The standard InChI is InChI=1S/C40H82ClISi/c1-4-5-6-7-8-9-10-11-12-13-14-15-16-17-18-19-20-21-22-23-24-25-26-27-28-29-30-31-32-33-34-35-37-40(42)38-36-39-43(2,3)41/h40H,4-39H2,1-3H3. The average Bonchev–Trinajstić information content (AvgIpc) is 2.97. The smallest absolute Gasteiger partial charge is 0.150 e. The molecule has 0 bridgehead atoms. The summed E-state index contributed by atoms with van der Waals surface area (Å²) < 4.78 is 0.874. The van der Waals surface area contributed by atoms with Crippen molar-refractivity contribution in [1.82, 2.24) is 0 Å². The van der Waals surface area contributed by atoms with E-state index in [4.69, 9.17) is 11.1 Å². The average molecular weight is 754 g/mol. The van der Waals surface area contributed by atoms with Crippen molar-refractivity contribution in [2.75, 3.05) is 0 Å². The lowest BCUT2D eigenvalue weighted by atomic mass is 10.0. The molecule has 43 heavy (non-hydrogen) atoms. The molecule has 0 heterocycles. The third-order valence-electron chi connectivity index (χ3n) is 9.66. The van der Waals surface area contributed by atoms with Gasteiger partial charge in [0.05, 0.1) is 0 Å². The first-order chi connectivity index (χ1) is 21.0. The van der Waals surface area contributed by atoms with Crippen LogP contribution < -0.4 is 0 Å². The van der Waals surface area contributed by atoms with Gasteiger partial charge in [-0.15, -0.1) is 0 Å². The first-order valence-corrected chi connectivity index (χ1v) is 25.7. The summed E-state index contributed by atoms with van der Waals surface area (Å²) in [6, 6.07) is 1.29. The second kappa shape index (κ2) is 36.1. The van der Waals surface area contributed by atoms with Crippen LogP contribution in [0.2, 0.25) is 19.1 Å². The van der Waals surface area contributed by atoms with Crippen LogP contribution in [0.5, 0.6) is 0 Å². The first kappa shape index (κ1) is 44.2. The molecule has 0 fully saturated rings. The summed E-state index contributed by atoms with van der Waals surface area (Å²) in [6.07, 6.45) is 51.5. The molecule has 0 nitrogen and oxygen atoms in total. The molecule has 0 aromatic carbocycles. The van der Waals surface area contributed by atoms with Gasteiger partial charge in [-0.1, -0.05) is 254 Å². The van der Waals surface area contributed by atoms with E-state index in [-0.39, 0.29) is 0 Å². The summed E-state index contributed by atoms with van der Waals surface area (Å²) in [5.41, 5.74) is 0. The number of alkyl halides is 1. The van der Waals surface area contributed by atoms with Crippen LogP contribution in [-0.4, -0.2) is 11.3 Å². The minimum Gasteiger partial charge on any atom is -0.168 e. The van der Waals surface area contributed by atoms with Gasteiger partial charge in [0.2, 0.25) is 0 Å². The van der Waals surface area contributed by atoms with Crippen molar-refractivity contribution in [2.45, 2.75) is 255 Å². The Morgan fingerprint density at radius 1 is 0.372 bits per heavy atom.